The maximum absolute atomic E-state index is 3.24. The van der Waals surface area contributed by atoms with Crippen LogP contribution in [-0.4, -0.2) is 18.5 Å². The summed E-state index contributed by atoms with van der Waals surface area (Å²) in [5, 5.41) is 5.49. The Hall–Kier alpha value is -0.680. The molecule has 0 aliphatic carbocycles. The quantitative estimate of drug-likeness (QED) is 0.920. The molecule has 3 heterocycles. The van der Waals surface area contributed by atoms with E-state index in [-0.39, 0.29) is 0 Å². The van der Waals surface area contributed by atoms with E-state index in [2.05, 4.69) is 41.6 Å². The van der Waals surface area contributed by atoms with Gasteiger partial charge in [0.25, 0.3) is 0 Å². The van der Waals surface area contributed by atoms with Gasteiger partial charge in [0.1, 0.15) is 0 Å². The molecule has 1 atom stereocenters. The monoisotopic (exact) mass is 306 g/mol. The zero-order valence-corrected chi connectivity index (χ0v) is 14.0. The maximum Gasteiger partial charge on any atom is 0.0334 e. The van der Waals surface area contributed by atoms with Crippen molar-refractivity contribution in [3.63, 3.8) is 0 Å². The third-order valence-corrected chi connectivity index (χ3v) is 6.29. The Morgan fingerprint density at radius 3 is 3.10 bits per heavy atom. The van der Waals surface area contributed by atoms with Crippen LogP contribution in [0.5, 0.6) is 0 Å². The first-order valence-electron chi connectivity index (χ1n) is 7.22. The standard InChI is InChI=1S/C16H22N2S2/c1-11-15-5-7-19-16(15)4-6-18(11)10-13-8-14(9-17-3)20-12(13)2/h5,7-8,11,17H,4,6,9-10H2,1-3H3. The van der Waals surface area contributed by atoms with Crippen molar-refractivity contribution in [1.29, 1.82) is 0 Å². The van der Waals surface area contributed by atoms with Crippen LogP contribution < -0.4 is 5.32 Å². The molecule has 1 unspecified atom stereocenters. The van der Waals surface area contributed by atoms with Crippen LogP contribution >= 0.6 is 22.7 Å². The number of rotatable bonds is 4. The fourth-order valence-electron chi connectivity index (χ4n) is 3.00. The lowest BCUT2D eigenvalue weighted by Gasteiger charge is -2.33. The molecule has 108 valence electrons. The number of aryl methyl sites for hydroxylation is 1. The molecule has 0 fully saturated rings. The van der Waals surface area contributed by atoms with Crippen molar-refractivity contribution in [3.05, 3.63) is 43.3 Å². The SMILES string of the molecule is CNCc1cc(CN2CCc3sccc3C2C)c(C)s1. The highest BCUT2D eigenvalue weighted by Gasteiger charge is 2.25. The molecule has 20 heavy (non-hydrogen) atoms. The van der Waals surface area contributed by atoms with Crippen LogP contribution in [0.15, 0.2) is 17.5 Å². The minimum atomic E-state index is 0.553. The Bertz CT molecular complexity index is 585. The van der Waals surface area contributed by atoms with Gasteiger partial charge in [0, 0.05) is 40.3 Å². The van der Waals surface area contributed by atoms with Crippen molar-refractivity contribution >= 4 is 22.7 Å². The van der Waals surface area contributed by atoms with Gasteiger partial charge in [-0.15, -0.1) is 22.7 Å². The van der Waals surface area contributed by atoms with Gasteiger partial charge >= 0.3 is 0 Å². The molecule has 0 aromatic carbocycles. The first-order valence-corrected chi connectivity index (χ1v) is 8.91. The van der Waals surface area contributed by atoms with Crippen LogP contribution in [0, 0.1) is 6.92 Å². The van der Waals surface area contributed by atoms with Gasteiger partial charge in [0.05, 0.1) is 0 Å². The number of hydrogen-bond donors (Lipinski definition) is 1. The van der Waals surface area contributed by atoms with Gasteiger partial charge in [0.15, 0.2) is 0 Å². The summed E-state index contributed by atoms with van der Waals surface area (Å²) in [4.78, 5) is 7.12. The largest absolute Gasteiger partial charge is 0.315 e. The fourth-order valence-corrected chi connectivity index (χ4v) is 5.03. The lowest BCUT2D eigenvalue weighted by Crippen LogP contribution is -2.32. The molecule has 1 aliphatic heterocycles. The van der Waals surface area contributed by atoms with E-state index in [0.717, 1.165) is 13.1 Å². The minimum Gasteiger partial charge on any atom is -0.315 e. The van der Waals surface area contributed by atoms with Crippen LogP contribution in [0.1, 0.15) is 38.7 Å². The van der Waals surface area contributed by atoms with E-state index in [9.17, 15) is 0 Å². The van der Waals surface area contributed by atoms with Crippen molar-refractivity contribution in [2.75, 3.05) is 13.6 Å². The van der Waals surface area contributed by atoms with Crippen molar-refractivity contribution in [3.8, 4) is 0 Å². The number of nitrogens with zero attached hydrogens (tertiary/aromatic N) is 1. The van der Waals surface area contributed by atoms with Gasteiger partial charge in [0.2, 0.25) is 0 Å². The van der Waals surface area contributed by atoms with Crippen molar-refractivity contribution in [2.24, 2.45) is 0 Å². The summed E-state index contributed by atoms with van der Waals surface area (Å²) >= 11 is 3.85. The third-order valence-electron chi connectivity index (χ3n) is 4.20. The van der Waals surface area contributed by atoms with Crippen molar-refractivity contribution < 1.29 is 0 Å². The summed E-state index contributed by atoms with van der Waals surface area (Å²) in [5.74, 6) is 0. The smallest absolute Gasteiger partial charge is 0.0334 e. The molecule has 0 saturated carbocycles. The second-order valence-electron chi connectivity index (χ2n) is 5.52. The van der Waals surface area contributed by atoms with Crippen LogP contribution in [0.25, 0.3) is 0 Å². The first kappa shape index (κ1) is 14.3. The van der Waals surface area contributed by atoms with E-state index in [4.69, 9.17) is 0 Å². The summed E-state index contributed by atoms with van der Waals surface area (Å²) in [6.07, 6.45) is 1.21. The zero-order valence-electron chi connectivity index (χ0n) is 12.4. The molecule has 0 radical (unpaired) electrons. The van der Waals surface area contributed by atoms with E-state index in [1.807, 2.05) is 29.7 Å². The lowest BCUT2D eigenvalue weighted by atomic mass is 10.0. The number of nitrogens with one attached hydrogen (secondary N) is 1. The van der Waals surface area contributed by atoms with Gasteiger partial charge in [-0.3, -0.25) is 4.90 Å². The molecule has 1 N–H and O–H groups in total. The van der Waals surface area contributed by atoms with Crippen LogP contribution in [0.2, 0.25) is 0 Å². The summed E-state index contributed by atoms with van der Waals surface area (Å²) in [6, 6.07) is 5.24. The second kappa shape index (κ2) is 5.98. The Kier molecular flexibility index (Phi) is 4.26. The summed E-state index contributed by atoms with van der Waals surface area (Å²) in [5.41, 5.74) is 3.05. The number of fused-ring (bicyclic) bond motifs is 1. The Morgan fingerprint density at radius 2 is 2.30 bits per heavy atom. The minimum absolute atomic E-state index is 0.553. The highest BCUT2D eigenvalue weighted by atomic mass is 32.1. The summed E-state index contributed by atoms with van der Waals surface area (Å²) in [7, 11) is 2.01. The predicted octanol–water partition coefficient (Wildman–Crippen LogP) is 3.96. The molecule has 3 rings (SSSR count). The maximum atomic E-state index is 3.24. The van der Waals surface area contributed by atoms with Crippen molar-refractivity contribution in [1.82, 2.24) is 10.2 Å². The van der Waals surface area contributed by atoms with Gasteiger partial charge in [-0.1, -0.05) is 0 Å². The predicted molar refractivity (Wildman–Crippen MR) is 88.7 cm³/mol. The fraction of sp³-hybridized carbons (Fsp3) is 0.500. The Morgan fingerprint density at radius 1 is 1.45 bits per heavy atom. The molecule has 0 spiro atoms. The lowest BCUT2D eigenvalue weighted by molar-refractivity contribution is 0.191. The topological polar surface area (TPSA) is 15.3 Å². The molecule has 2 aromatic heterocycles. The highest BCUT2D eigenvalue weighted by molar-refractivity contribution is 7.12. The van der Waals surface area contributed by atoms with Gasteiger partial charge in [-0.25, -0.2) is 0 Å². The highest BCUT2D eigenvalue weighted by Crippen LogP contribution is 2.34. The van der Waals surface area contributed by atoms with E-state index < -0.39 is 0 Å². The summed E-state index contributed by atoms with van der Waals surface area (Å²) < 4.78 is 0. The molecule has 2 aromatic rings. The van der Waals surface area contributed by atoms with Gasteiger partial charge in [-0.2, -0.15) is 0 Å². The average molecular weight is 307 g/mol. The second-order valence-corrected chi connectivity index (χ2v) is 7.86. The normalized spacial score (nSPS) is 19.2. The van der Waals surface area contributed by atoms with E-state index in [1.165, 1.54) is 28.3 Å². The molecular weight excluding hydrogens is 284 g/mol. The van der Waals surface area contributed by atoms with Gasteiger partial charge < -0.3 is 5.32 Å². The number of thiophene rings is 2. The molecule has 2 nitrogen and oxygen atoms in total. The van der Waals surface area contributed by atoms with Crippen LogP contribution in [0.4, 0.5) is 0 Å². The molecule has 0 bridgehead atoms. The molecule has 0 saturated heterocycles. The van der Waals surface area contributed by atoms with Crippen molar-refractivity contribution in [2.45, 2.75) is 39.4 Å². The third kappa shape index (κ3) is 2.70. The zero-order chi connectivity index (χ0) is 14.1. The summed E-state index contributed by atoms with van der Waals surface area (Å²) in [6.45, 7) is 7.86. The van der Waals surface area contributed by atoms with Crippen LogP contribution in [-0.2, 0) is 19.5 Å². The number of hydrogen-bond acceptors (Lipinski definition) is 4. The van der Waals surface area contributed by atoms with Crippen LogP contribution in [0.3, 0.4) is 0 Å². The van der Waals surface area contributed by atoms with E-state index >= 15 is 0 Å². The Labute approximate surface area is 129 Å². The Balaban J connectivity index is 1.75. The first-order chi connectivity index (χ1) is 9.69. The van der Waals surface area contributed by atoms with E-state index in [0.29, 0.717) is 6.04 Å². The van der Waals surface area contributed by atoms with E-state index in [1.54, 1.807) is 10.4 Å². The molecule has 4 heteroatoms. The molecule has 0 amide bonds. The molecular formula is C16H22N2S2. The van der Waals surface area contributed by atoms with Gasteiger partial charge in [-0.05, 0) is 56.0 Å². The average Bonchev–Trinajstić information content (AvgIpc) is 3.01. The molecule has 1 aliphatic rings.